The summed E-state index contributed by atoms with van der Waals surface area (Å²) in [5, 5.41) is 4.09. The van der Waals surface area contributed by atoms with Crippen LogP contribution in [0.25, 0.3) is 42.4 Å². The number of benzene rings is 2. The van der Waals surface area contributed by atoms with Crippen molar-refractivity contribution in [2.24, 2.45) is 11.5 Å². The van der Waals surface area contributed by atoms with E-state index in [1.165, 1.54) is 22.7 Å². The van der Waals surface area contributed by atoms with Crippen LogP contribution in [0, 0.1) is 0 Å². The first-order chi connectivity index (χ1) is 22.5. The lowest BCUT2D eigenvalue weighted by molar-refractivity contribution is -0.114. The van der Waals surface area contributed by atoms with Crippen LogP contribution < -0.4 is 22.5 Å². The van der Waals surface area contributed by atoms with Gasteiger partial charge in [0.1, 0.15) is 5.88 Å². The summed E-state index contributed by atoms with van der Waals surface area (Å²) in [4.78, 5) is 52.8. The number of nitrogens with two attached hydrogens (primary N) is 3. The molecule has 0 spiro atoms. The summed E-state index contributed by atoms with van der Waals surface area (Å²) in [5.41, 5.74) is 21.6. The van der Waals surface area contributed by atoms with E-state index in [-0.39, 0.29) is 17.7 Å². The predicted octanol–water partition coefficient (Wildman–Crippen LogP) is 6.87. The summed E-state index contributed by atoms with van der Waals surface area (Å²) in [6, 6.07) is 18.5. The molecule has 0 aliphatic rings. The minimum atomic E-state index is -0.508. The van der Waals surface area contributed by atoms with Crippen LogP contribution in [-0.2, 0) is 9.59 Å². The van der Waals surface area contributed by atoms with Gasteiger partial charge in [-0.1, -0.05) is 24.3 Å². The smallest absolute Gasteiger partial charge is 0.258 e. The number of nitrogen functional groups attached to an aromatic ring is 1. The van der Waals surface area contributed by atoms with E-state index in [0.717, 1.165) is 42.4 Å². The molecule has 0 saturated heterocycles. The highest BCUT2D eigenvalue weighted by atomic mass is 35.5. The van der Waals surface area contributed by atoms with Gasteiger partial charge < -0.3 is 22.5 Å². The Morgan fingerprint density at radius 3 is 1.49 bits per heavy atom. The number of primary amides is 2. The number of amides is 3. The third kappa shape index (κ3) is 9.24. The van der Waals surface area contributed by atoms with Crippen LogP contribution in [0.1, 0.15) is 19.3 Å². The Kier molecular flexibility index (Phi) is 12.2. The lowest BCUT2D eigenvalue weighted by atomic mass is 10.0. The number of carbonyl (C=O) groups is 4. The van der Waals surface area contributed by atoms with Crippen LogP contribution in [0.4, 0.5) is 11.4 Å². The average molecular weight is 728 g/mol. The minimum Gasteiger partial charge on any atom is -0.399 e. The number of fused-ring (bicyclic) bond motifs is 2. The molecule has 0 saturated carbocycles. The molecular weight excluding hydrogens is 703 g/mol. The molecule has 3 amide bonds. The van der Waals surface area contributed by atoms with Crippen molar-refractivity contribution in [3.8, 4) is 22.3 Å². The first kappa shape index (κ1) is 35.3. The maximum absolute atomic E-state index is 11.4. The van der Waals surface area contributed by atoms with Gasteiger partial charge in [0.25, 0.3) is 11.8 Å². The number of halogens is 3. The first-order valence-electron chi connectivity index (χ1n) is 13.4. The van der Waals surface area contributed by atoms with Crippen LogP contribution in [0.15, 0.2) is 85.5 Å². The molecule has 4 aromatic heterocycles. The van der Waals surface area contributed by atoms with Crippen molar-refractivity contribution in [3.63, 3.8) is 0 Å². The highest BCUT2D eigenvalue weighted by Crippen LogP contribution is 2.34. The molecule has 4 heterocycles. The van der Waals surface area contributed by atoms with Gasteiger partial charge in [-0.2, -0.15) is 0 Å². The molecule has 0 aliphatic carbocycles. The Hall–Kier alpha value is -4.59. The molecule has 0 atom stereocenters. The highest BCUT2D eigenvalue weighted by Gasteiger charge is 2.13. The van der Waals surface area contributed by atoms with E-state index in [0.29, 0.717) is 21.1 Å². The Bertz CT molecular complexity index is 2070. The number of anilines is 2. The monoisotopic (exact) mass is 726 g/mol. The van der Waals surface area contributed by atoms with Gasteiger partial charge in [-0.3, -0.25) is 29.1 Å². The fraction of sp³-hybridized carbons (Fsp3) is 0.0625. The minimum absolute atomic E-state index is 0.0875. The number of carbonyl (C=O) groups excluding carboxylic acids is 4. The number of aromatic nitrogens is 2. The van der Waals surface area contributed by atoms with Crippen molar-refractivity contribution < 1.29 is 19.2 Å². The van der Waals surface area contributed by atoms with Crippen molar-refractivity contribution in [3.05, 3.63) is 95.2 Å². The van der Waals surface area contributed by atoms with E-state index in [1.54, 1.807) is 43.0 Å². The van der Waals surface area contributed by atoms with Gasteiger partial charge in [-0.15, -0.1) is 45.9 Å². The number of pyridine rings is 2. The standard InChI is InChI=1S/C16H12ClN3O2S.C14H11N3OS.C2H2Cl2O/c17-6-15(21)20-10-3-1-9(2-4-10)12-7-19-8-14-11(12)5-13(23-14)16(18)22;15-9-3-1-8(2-4-9)11-6-17-7-13-10(11)5-12(19-13)14(16)18;3-1-2(4)5/h1-5,7-8H,6H2,(H2,18,22)(H,20,21);1-7H,15H2,(H2,16,18);1H2. The molecule has 240 valence electrons. The number of nitrogens with zero attached hydrogens (tertiary/aromatic N) is 2. The zero-order valence-corrected chi connectivity index (χ0v) is 28.1. The van der Waals surface area contributed by atoms with Gasteiger partial charge in [0.05, 0.1) is 25.0 Å². The lowest BCUT2D eigenvalue weighted by Gasteiger charge is -2.06. The number of alkyl halides is 2. The Morgan fingerprint density at radius 2 is 1.11 bits per heavy atom. The zero-order chi connectivity index (χ0) is 34.1. The Morgan fingerprint density at radius 1 is 0.681 bits per heavy atom. The second-order valence-corrected chi connectivity index (χ2v) is 12.6. The Balaban J connectivity index is 0.000000189. The molecule has 0 aliphatic heterocycles. The van der Waals surface area contributed by atoms with Crippen molar-refractivity contribution in [1.29, 1.82) is 0 Å². The fourth-order valence-corrected chi connectivity index (χ4v) is 6.09. The van der Waals surface area contributed by atoms with E-state index in [2.05, 4.69) is 15.3 Å². The fourth-order valence-electron chi connectivity index (χ4n) is 4.21. The quantitative estimate of drug-likeness (QED) is 0.0785. The maximum atomic E-state index is 11.4. The summed E-state index contributed by atoms with van der Waals surface area (Å²) < 4.78 is 1.85. The van der Waals surface area contributed by atoms with Crippen molar-refractivity contribution >= 4 is 112 Å². The molecule has 0 unspecified atom stereocenters. The van der Waals surface area contributed by atoms with E-state index in [9.17, 15) is 19.2 Å². The largest absolute Gasteiger partial charge is 0.399 e. The molecule has 15 heteroatoms. The van der Waals surface area contributed by atoms with Crippen molar-refractivity contribution in [1.82, 2.24) is 9.97 Å². The molecule has 0 radical (unpaired) electrons. The topological polar surface area (TPSA) is 184 Å². The molecule has 47 heavy (non-hydrogen) atoms. The molecule has 6 aromatic rings. The van der Waals surface area contributed by atoms with E-state index in [1.807, 2.05) is 42.5 Å². The second-order valence-electron chi connectivity index (χ2n) is 9.52. The van der Waals surface area contributed by atoms with Gasteiger partial charge in [0.15, 0.2) is 0 Å². The molecule has 6 rings (SSSR count). The molecule has 0 bridgehead atoms. The van der Waals surface area contributed by atoms with Gasteiger partial charge in [-0.25, -0.2) is 0 Å². The number of rotatable bonds is 7. The lowest BCUT2D eigenvalue weighted by Crippen LogP contribution is -2.12. The van der Waals surface area contributed by atoms with E-state index >= 15 is 0 Å². The molecule has 2 aromatic carbocycles. The van der Waals surface area contributed by atoms with Crippen LogP contribution in [0.5, 0.6) is 0 Å². The zero-order valence-electron chi connectivity index (χ0n) is 24.2. The highest BCUT2D eigenvalue weighted by molar-refractivity contribution is 7.21. The number of thiophene rings is 2. The summed E-state index contributed by atoms with van der Waals surface area (Å²) in [6.45, 7) is 0. The van der Waals surface area contributed by atoms with Gasteiger partial charge in [0, 0.05) is 58.1 Å². The first-order valence-corrected chi connectivity index (χ1v) is 16.5. The SMILES string of the molecule is NC(=O)c1cc2c(-c3ccc(N)cc3)cncc2s1.NC(=O)c1cc2c(-c3ccc(NC(=O)CCl)cc3)cncc2s1.O=C(Cl)CCl. The summed E-state index contributed by atoms with van der Waals surface area (Å²) in [5.74, 6) is -1.30. The molecule has 10 nitrogen and oxygen atoms in total. The van der Waals surface area contributed by atoms with Gasteiger partial charge in [0.2, 0.25) is 11.1 Å². The van der Waals surface area contributed by atoms with E-state index < -0.39 is 17.1 Å². The van der Waals surface area contributed by atoms with Crippen LogP contribution in [0.2, 0.25) is 0 Å². The van der Waals surface area contributed by atoms with Crippen LogP contribution >= 0.6 is 57.5 Å². The summed E-state index contributed by atoms with van der Waals surface area (Å²) in [6.07, 6.45) is 6.98. The number of hydrogen-bond acceptors (Lipinski definition) is 9. The molecule has 7 N–H and O–H groups in total. The predicted molar refractivity (Wildman–Crippen MR) is 192 cm³/mol. The van der Waals surface area contributed by atoms with Crippen LogP contribution in [-0.4, -0.2) is 44.7 Å². The van der Waals surface area contributed by atoms with Crippen LogP contribution in [0.3, 0.4) is 0 Å². The summed E-state index contributed by atoms with van der Waals surface area (Å²) in [7, 11) is 0. The third-order valence-corrected chi connectivity index (χ3v) is 9.23. The number of nitrogens with one attached hydrogen (secondary N) is 1. The maximum Gasteiger partial charge on any atom is 0.258 e. The number of hydrogen-bond donors (Lipinski definition) is 4. The Labute approximate surface area is 291 Å². The van der Waals surface area contributed by atoms with E-state index in [4.69, 9.17) is 52.0 Å². The second kappa shape index (κ2) is 16.3. The van der Waals surface area contributed by atoms with Gasteiger partial charge >= 0.3 is 0 Å². The molecule has 0 fully saturated rings. The van der Waals surface area contributed by atoms with Gasteiger partial charge in [-0.05, 0) is 59.1 Å². The van der Waals surface area contributed by atoms with Crippen molar-refractivity contribution in [2.75, 3.05) is 22.8 Å². The summed E-state index contributed by atoms with van der Waals surface area (Å²) >= 11 is 17.7. The molecular formula is C32H25Cl3N6O4S2. The normalized spacial score (nSPS) is 10.4. The average Bonchev–Trinajstić information content (AvgIpc) is 3.72. The van der Waals surface area contributed by atoms with Crippen molar-refractivity contribution in [2.45, 2.75) is 0 Å². The third-order valence-electron chi connectivity index (χ3n) is 6.31.